The van der Waals surface area contributed by atoms with E-state index in [4.69, 9.17) is 27.9 Å². The molecule has 0 fully saturated rings. The van der Waals surface area contributed by atoms with Gasteiger partial charge in [-0.3, -0.25) is 4.79 Å². The van der Waals surface area contributed by atoms with Gasteiger partial charge in [0.2, 0.25) is 15.9 Å². The molecule has 0 aliphatic rings. The average molecular weight is 473 g/mol. The van der Waals surface area contributed by atoms with Gasteiger partial charge in [-0.05, 0) is 50.5 Å². The molecule has 6 nitrogen and oxygen atoms in total. The lowest BCUT2D eigenvalue weighted by Gasteiger charge is -2.19. The Balaban J connectivity index is 2.14. The monoisotopic (exact) mass is 472 g/mol. The van der Waals surface area contributed by atoms with E-state index in [-0.39, 0.29) is 27.5 Å². The first-order valence-corrected chi connectivity index (χ1v) is 11.8. The van der Waals surface area contributed by atoms with Gasteiger partial charge in [-0.1, -0.05) is 53.5 Å². The van der Waals surface area contributed by atoms with Crippen molar-refractivity contribution in [2.75, 3.05) is 13.2 Å². The van der Waals surface area contributed by atoms with Crippen molar-refractivity contribution < 1.29 is 17.9 Å². The van der Waals surface area contributed by atoms with Crippen LogP contribution in [0.4, 0.5) is 0 Å². The summed E-state index contributed by atoms with van der Waals surface area (Å²) in [5, 5.41) is 3.03. The molecule has 0 radical (unpaired) electrons. The maximum atomic E-state index is 12.9. The van der Waals surface area contributed by atoms with Crippen molar-refractivity contribution in [2.24, 2.45) is 0 Å². The summed E-state index contributed by atoms with van der Waals surface area (Å²) in [6.07, 6.45) is 0.919. The molecule has 0 aromatic heterocycles. The van der Waals surface area contributed by atoms with Crippen LogP contribution in [0.2, 0.25) is 10.0 Å². The van der Waals surface area contributed by atoms with Crippen molar-refractivity contribution in [3.8, 4) is 0 Å². The van der Waals surface area contributed by atoms with Crippen molar-refractivity contribution in [1.82, 2.24) is 10.0 Å². The molecule has 0 unspecified atom stereocenters. The lowest BCUT2D eigenvalue weighted by atomic mass is 10.1. The van der Waals surface area contributed by atoms with E-state index in [1.807, 2.05) is 44.2 Å². The van der Waals surface area contributed by atoms with Gasteiger partial charge in [0.05, 0.1) is 11.1 Å². The van der Waals surface area contributed by atoms with Crippen LogP contribution in [-0.2, 0) is 26.0 Å². The molecule has 0 saturated carbocycles. The Morgan fingerprint density at radius 3 is 2.47 bits per heavy atom. The zero-order chi connectivity index (χ0) is 22.1. The molecular formula is C21H26Cl2N2O4S. The van der Waals surface area contributed by atoms with Crippen LogP contribution in [-0.4, -0.2) is 39.6 Å². The molecular weight excluding hydrogens is 447 g/mol. The Kier molecular flexibility index (Phi) is 9.58. The molecule has 9 heteroatoms. The lowest BCUT2D eigenvalue weighted by Crippen LogP contribution is -2.48. The Morgan fingerprint density at radius 2 is 1.80 bits per heavy atom. The standard InChI is InChI=1S/C21H26Cl2N2O4S/c1-15(2)29-12-6-11-24-21(26)19(13-16-7-4-3-5-8-16)25-30(27,28)20-14-17(22)9-10-18(20)23/h3-5,7-10,14-15,19,25H,6,11-13H2,1-2H3,(H,24,26)/t19-/m1/s1. The van der Waals surface area contributed by atoms with Crippen LogP contribution in [0, 0.1) is 0 Å². The first-order valence-electron chi connectivity index (χ1n) is 9.59. The molecule has 0 heterocycles. The second-order valence-electron chi connectivity index (χ2n) is 7.00. The molecule has 2 aromatic carbocycles. The van der Waals surface area contributed by atoms with E-state index in [9.17, 15) is 13.2 Å². The number of ether oxygens (including phenoxy) is 1. The first kappa shape index (κ1) is 24.6. The largest absolute Gasteiger partial charge is 0.379 e. The minimum Gasteiger partial charge on any atom is -0.379 e. The van der Waals surface area contributed by atoms with E-state index in [1.165, 1.54) is 18.2 Å². The summed E-state index contributed by atoms with van der Waals surface area (Å²) in [5.41, 5.74) is 0.820. The number of amides is 1. The maximum absolute atomic E-state index is 12.9. The molecule has 1 atom stereocenters. The van der Waals surface area contributed by atoms with Crippen LogP contribution < -0.4 is 10.0 Å². The summed E-state index contributed by atoms with van der Waals surface area (Å²) in [5.74, 6) is -0.426. The van der Waals surface area contributed by atoms with E-state index in [2.05, 4.69) is 10.0 Å². The normalized spacial score (nSPS) is 12.7. The number of rotatable bonds is 11. The van der Waals surface area contributed by atoms with E-state index < -0.39 is 22.0 Å². The molecule has 1 amide bonds. The molecule has 0 aliphatic carbocycles. The number of hydrogen-bond donors (Lipinski definition) is 2. The van der Waals surface area contributed by atoms with Crippen LogP contribution in [0.1, 0.15) is 25.8 Å². The summed E-state index contributed by atoms with van der Waals surface area (Å²) in [7, 11) is -4.08. The minimum absolute atomic E-state index is 0.0246. The number of carbonyl (C=O) groups is 1. The van der Waals surface area contributed by atoms with E-state index in [1.54, 1.807) is 0 Å². The van der Waals surface area contributed by atoms with Crippen LogP contribution in [0.15, 0.2) is 53.4 Å². The first-order chi connectivity index (χ1) is 14.2. The van der Waals surface area contributed by atoms with Crippen molar-refractivity contribution in [1.29, 1.82) is 0 Å². The third-order valence-electron chi connectivity index (χ3n) is 4.15. The smallest absolute Gasteiger partial charge is 0.242 e. The topological polar surface area (TPSA) is 84.5 Å². The average Bonchev–Trinajstić information content (AvgIpc) is 2.69. The number of nitrogens with one attached hydrogen (secondary N) is 2. The van der Waals surface area contributed by atoms with Crippen LogP contribution in [0.3, 0.4) is 0 Å². The highest BCUT2D eigenvalue weighted by atomic mass is 35.5. The Labute approximate surface area is 188 Å². The summed E-state index contributed by atoms with van der Waals surface area (Å²) in [6, 6.07) is 12.3. The molecule has 2 rings (SSSR count). The Bertz CT molecular complexity index is 937. The van der Waals surface area contributed by atoms with Gasteiger partial charge in [-0.2, -0.15) is 4.72 Å². The fourth-order valence-electron chi connectivity index (χ4n) is 2.70. The van der Waals surface area contributed by atoms with Crippen LogP contribution in [0.5, 0.6) is 0 Å². The van der Waals surface area contributed by atoms with E-state index in [0.717, 1.165) is 5.56 Å². The minimum atomic E-state index is -4.08. The number of benzene rings is 2. The number of carbonyl (C=O) groups excluding carboxylic acids is 1. The highest BCUT2D eigenvalue weighted by Crippen LogP contribution is 2.25. The molecule has 2 aromatic rings. The molecule has 0 aliphatic heterocycles. The van der Waals surface area contributed by atoms with Gasteiger partial charge >= 0.3 is 0 Å². The number of sulfonamides is 1. The fraction of sp³-hybridized carbons (Fsp3) is 0.381. The van der Waals surface area contributed by atoms with Gasteiger partial charge in [0.25, 0.3) is 0 Å². The summed E-state index contributed by atoms with van der Waals surface area (Å²) >= 11 is 12.0. The molecule has 0 bridgehead atoms. The second-order valence-corrected chi connectivity index (χ2v) is 9.53. The molecule has 2 N–H and O–H groups in total. The Hall–Kier alpha value is -1.64. The van der Waals surface area contributed by atoms with E-state index in [0.29, 0.717) is 19.6 Å². The predicted molar refractivity (Wildman–Crippen MR) is 119 cm³/mol. The van der Waals surface area contributed by atoms with Gasteiger partial charge in [0.1, 0.15) is 10.9 Å². The summed E-state index contributed by atoms with van der Waals surface area (Å²) in [6.45, 7) is 4.75. The van der Waals surface area contributed by atoms with Crippen molar-refractivity contribution in [3.63, 3.8) is 0 Å². The van der Waals surface area contributed by atoms with Crippen molar-refractivity contribution in [3.05, 3.63) is 64.1 Å². The van der Waals surface area contributed by atoms with Gasteiger partial charge in [-0.15, -0.1) is 0 Å². The number of halogens is 2. The lowest BCUT2D eigenvalue weighted by molar-refractivity contribution is -0.122. The quantitative estimate of drug-likeness (QED) is 0.486. The summed E-state index contributed by atoms with van der Waals surface area (Å²) < 4.78 is 33.7. The molecule has 0 saturated heterocycles. The highest BCUT2D eigenvalue weighted by molar-refractivity contribution is 7.89. The van der Waals surface area contributed by atoms with Gasteiger partial charge in [-0.25, -0.2) is 8.42 Å². The Morgan fingerprint density at radius 1 is 1.10 bits per heavy atom. The second kappa shape index (κ2) is 11.7. The molecule has 30 heavy (non-hydrogen) atoms. The number of hydrogen-bond acceptors (Lipinski definition) is 4. The zero-order valence-corrected chi connectivity index (χ0v) is 19.2. The van der Waals surface area contributed by atoms with Crippen molar-refractivity contribution >= 4 is 39.1 Å². The van der Waals surface area contributed by atoms with Gasteiger partial charge in [0, 0.05) is 18.2 Å². The molecule has 164 valence electrons. The van der Waals surface area contributed by atoms with Gasteiger partial charge < -0.3 is 10.1 Å². The molecule has 0 spiro atoms. The summed E-state index contributed by atoms with van der Waals surface area (Å²) in [4.78, 5) is 12.6. The zero-order valence-electron chi connectivity index (χ0n) is 16.9. The predicted octanol–water partition coefficient (Wildman–Crippen LogP) is 3.81. The maximum Gasteiger partial charge on any atom is 0.242 e. The fourth-order valence-corrected chi connectivity index (χ4v) is 4.66. The SMILES string of the molecule is CC(C)OCCCNC(=O)[C@@H](Cc1ccccc1)NS(=O)(=O)c1cc(Cl)ccc1Cl. The van der Waals surface area contributed by atoms with Crippen LogP contribution in [0.25, 0.3) is 0 Å². The highest BCUT2D eigenvalue weighted by Gasteiger charge is 2.27. The van der Waals surface area contributed by atoms with Crippen LogP contribution >= 0.6 is 23.2 Å². The van der Waals surface area contributed by atoms with E-state index >= 15 is 0 Å². The third-order valence-corrected chi connectivity index (χ3v) is 6.34. The van der Waals surface area contributed by atoms with Crippen molar-refractivity contribution in [2.45, 2.75) is 43.7 Å². The van der Waals surface area contributed by atoms with Gasteiger partial charge in [0.15, 0.2) is 0 Å². The third kappa shape index (κ3) is 7.89.